The van der Waals surface area contributed by atoms with Gasteiger partial charge in [0.15, 0.2) is 0 Å². The molecule has 2 rings (SSSR count). The average molecular weight is 320 g/mol. The first-order valence-corrected chi connectivity index (χ1v) is 5.95. The maximum atomic E-state index is 9.55. The van der Waals surface area contributed by atoms with Crippen LogP contribution in [-0.2, 0) is 0 Å². The largest absolute Gasteiger partial charge is 0.394 e. The molecule has 0 bridgehead atoms. The van der Waals surface area contributed by atoms with Crippen LogP contribution in [0.25, 0.3) is 0 Å². The topological polar surface area (TPSA) is 56.6 Å². The summed E-state index contributed by atoms with van der Waals surface area (Å²) in [6.07, 6.45) is 2.00. The van der Waals surface area contributed by atoms with Gasteiger partial charge in [-0.2, -0.15) is 0 Å². The van der Waals surface area contributed by atoms with Crippen LogP contribution in [0.1, 0.15) is 6.42 Å². The summed E-state index contributed by atoms with van der Waals surface area (Å²) in [5.41, 5.74) is 0. The van der Waals surface area contributed by atoms with E-state index in [1.165, 1.54) is 0 Å². The van der Waals surface area contributed by atoms with Crippen LogP contribution in [0.4, 0.5) is 5.82 Å². The van der Waals surface area contributed by atoms with E-state index in [0.29, 0.717) is 13.0 Å². The molecule has 0 aromatic carbocycles. The Morgan fingerprint density at radius 2 is 2.40 bits per heavy atom. The van der Waals surface area contributed by atoms with Crippen LogP contribution in [0.15, 0.2) is 18.3 Å². The van der Waals surface area contributed by atoms with Crippen LogP contribution < -0.4 is 4.90 Å². The van der Waals surface area contributed by atoms with Crippen molar-refractivity contribution < 1.29 is 10.2 Å². The van der Waals surface area contributed by atoms with Gasteiger partial charge in [0.1, 0.15) is 5.82 Å². The van der Waals surface area contributed by atoms with E-state index in [2.05, 4.69) is 27.6 Å². The first-order valence-electron chi connectivity index (χ1n) is 4.88. The maximum Gasteiger partial charge on any atom is 0.129 e. The number of hydrogen-bond donors (Lipinski definition) is 2. The molecule has 1 aliphatic heterocycles. The van der Waals surface area contributed by atoms with Crippen molar-refractivity contribution >= 4 is 28.4 Å². The molecule has 1 saturated heterocycles. The van der Waals surface area contributed by atoms with Crippen molar-refractivity contribution in [1.29, 1.82) is 0 Å². The summed E-state index contributed by atoms with van der Waals surface area (Å²) in [4.78, 5) is 6.22. The zero-order chi connectivity index (χ0) is 10.8. The second-order valence-corrected chi connectivity index (χ2v) is 4.96. The lowest BCUT2D eigenvalue weighted by Crippen LogP contribution is -2.33. The first kappa shape index (κ1) is 11.1. The van der Waals surface area contributed by atoms with Crippen molar-refractivity contribution in [2.24, 2.45) is 0 Å². The molecule has 0 amide bonds. The zero-order valence-electron chi connectivity index (χ0n) is 8.17. The molecule has 1 aliphatic rings. The van der Waals surface area contributed by atoms with Gasteiger partial charge in [0.2, 0.25) is 0 Å². The van der Waals surface area contributed by atoms with Gasteiger partial charge in [0.05, 0.1) is 18.8 Å². The summed E-state index contributed by atoms with van der Waals surface area (Å²) in [5, 5.41) is 18.8. The lowest BCUT2D eigenvalue weighted by molar-refractivity contribution is 0.184. The molecule has 0 spiro atoms. The SMILES string of the molecule is OCC1CC(O)CN1c1cc(I)ccn1. The highest BCUT2D eigenvalue weighted by Crippen LogP contribution is 2.24. The normalized spacial score (nSPS) is 25.9. The minimum atomic E-state index is -0.359. The predicted octanol–water partition coefficient (Wildman–Crippen LogP) is 0.618. The highest BCUT2D eigenvalue weighted by Gasteiger charge is 2.31. The number of aliphatic hydroxyl groups is 2. The minimum absolute atomic E-state index is 0.00861. The Kier molecular flexibility index (Phi) is 3.42. The summed E-state index contributed by atoms with van der Waals surface area (Å²) in [5.74, 6) is 0.831. The maximum absolute atomic E-state index is 9.55. The fourth-order valence-corrected chi connectivity index (χ4v) is 2.34. The molecule has 1 aromatic rings. The van der Waals surface area contributed by atoms with Crippen molar-refractivity contribution in [3.05, 3.63) is 21.9 Å². The van der Waals surface area contributed by atoms with Crippen molar-refractivity contribution in [2.75, 3.05) is 18.1 Å². The minimum Gasteiger partial charge on any atom is -0.394 e. The number of halogens is 1. The lowest BCUT2D eigenvalue weighted by atomic mass is 10.2. The van der Waals surface area contributed by atoms with E-state index in [1.807, 2.05) is 17.0 Å². The number of aromatic nitrogens is 1. The van der Waals surface area contributed by atoms with Crippen molar-refractivity contribution in [3.8, 4) is 0 Å². The van der Waals surface area contributed by atoms with Gasteiger partial charge in [-0.15, -0.1) is 0 Å². The van der Waals surface area contributed by atoms with Gasteiger partial charge in [0.25, 0.3) is 0 Å². The summed E-state index contributed by atoms with van der Waals surface area (Å²) in [6, 6.07) is 3.87. The van der Waals surface area contributed by atoms with Crippen LogP contribution in [0.2, 0.25) is 0 Å². The van der Waals surface area contributed by atoms with Gasteiger partial charge < -0.3 is 15.1 Å². The Hall–Kier alpha value is -0.400. The van der Waals surface area contributed by atoms with E-state index < -0.39 is 0 Å². The van der Waals surface area contributed by atoms with Crippen LogP contribution >= 0.6 is 22.6 Å². The number of β-amino-alcohol motifs (C(OH)–C–C–N with tert-alkyl or cyclic N) is 1. The zero-order valence-corrected chi connectivity index (χ0v) is 10.3. The number of anilines is 1. The molecule has 0 radical (unpaired) electrons. The average Bonchev–Trinajstić information content (AvgIpc) is 2.59. The van der Waals surface area contributed by atoms with E-state index in [4.69, 9.17) is 0 Å². The van der Waals surface area contributed by atoms with Crippen molar-refractivity contribution in [3.63, 3.8) is 0 Å². The molecular formula is C10H13IN2O2. The predicted molar refractivity (Wildman–Crippen MR) is 65.8 cm³/mol. The summed E-state index contributed by atoms with van der Waals surface area (Å²) in [6.45, 7) is 0.614. The van der Waals surface area contributed by atoms with E-state index in [-0.39, 0.29) is 18.8 Å². The number of hydrogen-bond acceptors (Lipinski definition) is 4. The standard InChI is InChI=1S/C10H13IN2O2/c11-7-1-2-12-10(3-7)13-5-9(15)4-8(13)6-14/h1-3,8-9,14-15H,4-6H2. The Bertz CT molecular complexity index is 348. The van der Waals surface area contributed by atoms with Gasteiger partial charge in [0, 0.05) is 16.3 Å². The molecule has 2 heterocycles. The second-order valence-electron chi connectivity index (χ2n) is 3.71. The fraction of sp³-hybridized carbons (Fsp3) is 0.500. The van der Waals surface area contributed by atoms with E-state index in [0.717, 1.165) is 9.39 Å². The monoisotopic (exact) mass is 320 g/mol. The number of aliphatic hydroxyl groups excluding tert-OH is 2. The molecular weight excluding hydrogens is 307 g/mol. The molecule has 2 atom stereocenters. The molecule has 2 unspecified atom stereocenters. The smallest absolute Gasteiger partial charge is 0.129 e. The van der Waals surface area contributed by atoms with Gasteiger partial charge in [-0.05, 0) is 41.1 Å². The van der Waals surface area contributed by atoms with Crippen molar-refractivity contribution in [2.45, 2.75) is 18.6 Å². The van der Waals surface area contributed by atoms with E-state index in [9.17, 15) is 10.2 Å². The third kappa shape index (κ3) is 2.40. The Morgan fingerprint density at radius 1 is 1.60 bits per heavy atom. The number of pyridine rings is 1. The van der Waals surface area contributed by atoms with Gasteiger partial charge in [-0.25, -0.2) is 4.98 Å². The van der Waals surface area contributed by atoms with Crippen LogP contribution in [0, 0.1) is 3.57 Å². The van der Waals surface area contributed by atoms with Crippen molar-refractivity contribution in [1.82, 2.24) is 4.98 Å². The van der Waals surface area contributed by atoms with Gasteiger partial charge >= 0.3 is 0 Å². The summed E-state index contributed by atoms with van der Waals surface area (Å²) < 4.78 is 1.11. The first-order chi connectivity index (χ1) is 7.20. The molecule has 1 fully saturated rings. The fourth-order valence-electron chi connectivity index (χ4n) is 1.90. The van der Waals surface area contributed by atoms with Crippen LogP contribution in [0.5, 0.6) is 0 Å². The Balaban J connectivity index is 2.22. The van der Waals surface area contributed by atoms with E-state index >= 15 is 0 Å². The second kappa shape index (κ2) is 4.63. The third-order valence-corrected chi connectivity index (χ3v) is 3.28. The van der Waals surface area contributed by atoms with Crippen LogP contribution in [0.3, 0.4) is 0 Å². The summed E-state index contributed by atoms with van der Waals surface area (Å²) in [7, 11) is 0. The molecule has 1 aromatic heterocycles. The molecule has 0 saturated carbocycles. The summed E-state index contributed by atoms with van der Waals surface area (Å²) >= 11 is 2.22. The quantitative estimate of drug-likeness (QED) is 0.785. The third-order valence-electron chi connectivity index (χ3n) is 2.60. The Morgan fingerprint density at radius 3 is 3.07 bits per heavy atom. The van der Waals surface area contributed by atoms with E-state index in [1.54, 1.807) is 6.20 Å². The lowest BCUT2D eigenvalue weighted by Gasteiger charge is -2.23. The van der Waals surface area contributed by atoms with Gasteiger partial charge in [-0.1, -0.05) is 0 Å². The molecule has 0 aliphatic carbocycles. The van der Waals surface area contributed by atoms with Gasteiger partial charge in [-0.3, -0.25) is 0 Å². The molecule has 15 heavy (non-hydrogen) atoms. The molecule has 82 valence electrons. The molecule has 4 nitrogen and oxygen atoms in total. The molecule has 2 N–H and O–H groups in total. The van der Waals surface area contributed by atoms with Crippen LogP contribution in [-0.4, -0.2) is 40.5 Å². The number of nitrogens with zero attached hydrogens (tertiary/aromatic N) is 2. The highest BCUT2D eigenvalue weighted by molar-refractivity contribution is 14.1. The number of rotatable bonds is 2. The Labute approximate surface area is 102 Å². The highest BCUT2D eigenvalue weighted by atomic mass is 127. The molecule has 5 heteroatoms.